The first-order valence-electron chi connectivity index (χ1n) is 5.07. The second-order valence-corrected chi connectivity index (χ2v) is 4.86. The first-order chi connectivity index (χ1) is 7.15. The highest BCUT2D eigenvalue weighted by atomic mass is 35.5. The van der Waals surface area contributed by atoms with Gasteiger partial charge in [-0.15, -0.1) is 0 Å². The van der Waals surface area contributed by atoms with Crippen LogP contribution < -0.4 is 5.73 Å². The monoisotopic (exact) mass is 244 g/mol. The van der Waals surface area contributed by atoms with Crippen LogP contribution in [0.2, 0.25) is 10.0 Å². The lowest BCUT2D eigenvalue weighted by Gasteiger charge is -2.16. The first-order valence-corrected chi connectivity index (χ1v) is 5.82. The third-order valence-corrected chi connectivity index (χ3v) is 3.30. The van der Waals surface area contributed by atoms with Crippen molar-refractivity contribution in [2.24, 2.45) is 5.73 Å². The number of hydrogen-bond acceptors (Lipinski definition) is 2. The molecule has 0 bridgehead atoms. The van der Waals surface area contributed by atoms with Crippen LogP contribution in [0.15, 0.2) is 18.2 Å². The maximum absolute atomic E-state index is 6.10. The molecule has 1 aliphatic heterocycles. The van der Waals surface area contributed by atoms with E-state index in [-0.39, 0.29) is 0 Å². The molecule has 1 aliphatic rings. The van der Waals surface area contributed by atoms with Gasteiger partial charge in [0.15, 0.2) is 0 Å². The second-order valence-electron chi connectivity index (χ2n) is 4.02. The molecule has 0 unspecified atom stereocenters. The Hall–Kier alpha value is -0.280. The quantitative estimate of drug-likeness (QED) is 0.867. The molecule has 15 heavy (non-hydrogen) atoms. The molecular formula is C11H14Cl2N2. The molecule has 2 nitrogen and oxygen atoms in total. The normalized spacial score (nSPS) is 22.2. The van der Waals surface area contributed by atoms with E-state index in [2.05, 4.69) is 4.90 Å². The fourth-order valence-electron chi connectivity index (χ4n) is 1.90. The zero-order valence-electron chi connectivity index (χ0n) is 8.42. The van der Waals surface area contributed by atoms with Gasteiger partial charge in [-0.1, -0.05) is 29.3 Å². The molecule has 0 saturated carbocycles. The van der Waals surface area contributed by atoms with Crippen molar-refractivity contribution in [1.29, 1.82) is 0 Å². The Balaban J connectivity index is 2.04. The van der Waals surface area contributed by atoms with Gasteiger partial charge in [0, 0.05) is 35.7 Å². The number of likely N-dealkylation sites (tertiary alicyclic amines) is 1. The van der Waals surface area contributed by atoms with Crippen LogP contribution in [0.5, 0.6) is 0 Å². The average Bonchev–Trinajstić information content (AvgIpc) is 2.56. The van der Waals surface area contributed by atoms with Gasteiger partial charge in [-0.3, -0.25) is 4.90 Å². The third kappa shape index (κ3) is 2.85. The van der Waals surface area contributed by atoms with Crippen molar-refractivity contribution in [1.82, 2.24) is 4.90 Å². The summed E-state index contributed by atoms with van der Waals surface area (Å²) in [5.74, 6) is 0. The molecule has 1 heterocycles. The highest BCUT2D eigenvalue weighted by Crippen LogP contribution is 2.23. The third-order valence-electron chi connectivity index (χ3n) is 2.72. The summed E-state index contributed by atoms with van der Waals surface area (Å²) in [7, 11) is 0. The lowest BCUT2D eigenvalue weighted by Crippen LogP contribution is -2.26. The summed E-state index contributed by atoms with van der Waals surface area (Å²) >= 11 is 11.9. The Kier molecular flexibility index (Phi) is 3.52. The van der Waals surface area contributed by atoms with Crippen LogP contribution in [0.3, 0.4) is 0 Å². The van der Waals surface area contributed by atoms with Crippen LogP contribution in [0.1, 0.15) is 12.0 Å². The molecule has 1 aromatic carbocycles. The van der Waals surface area contributed by atoms with Gasteiger partial charge in [0.05, 0.1) is 0 Å². The lowest BCUT2D eigenvalue weighted by molar-refractivity contribution is 0.327. The van der Waals surface area contributed by atoms with Crippen LogP contribution in [0, 0.1) is 0 Å². The lowest BCUT2D eigenvalue weighted by atomic mass is 10.2. The summed E-state index contributed by atoms with van der Waals surface area (Å²) in [6.45, 7) is 2.88. The topological polar surface area (TPSA) is 29.3 Å². The largest absolute Gasteiger partial charge is 0.326 e. The number of nitrogens with zero attached hydrogens (tertiary/aromatic N) is 1. The Morgan fingerprint density at radius 3 is 2.80 bits per heavy atom. The van der Waals surface area contributed by atoms with E-state index >= 15 is 0 Å². The van der Waals surface area contributed by atoms with E-state index < -0.39 is 0 Å². The van der Waals surface area contributed by atoms with Gasteiger partial charge < -0.3 is 5.73 Å². The minimum atomic E-state index is 0.316. The minimum Gasteiger partial charge on any atom is -0.326 e. The molecule has 1 saturated heterocycles. The second kappa shape index (κ2) is 4.71. The zero-order chi connectivity index (χ0) is 10.8. The van der Waals surface area contributed by atoms with Crippen molar-refractivity contribution in [2.45, 2.75) is 19.0 Å². The van der Waals surface area contributed by atoms with E-state index in [1.165, 1.54) is 0 Å². The summed E-state index contributed by atoms with van der Waals surface area (Å²) in [4.78, 5) is 2.32. The molecule has 82 valence electrons. The molecule has 0 aliphatic carbocycles. The van der Waals surface area contributed by atoms with Crippen LogP contribution in [0.25, 0.3) is 0 Å². The van der Waals surface area contributed by atoms with E-state index in [0.29, 0.717) is 11.1 Å². The summed E-state index contributed by atoms with van der Waals surface area (Å²) in [5, 5.41) is 1.42. The van der Waals surface area contributed by atoms with Crippen molar-refractivity contribution in [3.05, 3.63) is 33.8 Å². The summed E-state index contributed by atoms with van der Waals surface area (Å²) in [6.07, 6.45) is 1.07. The smallest absolute Gasteiger partial charge is 0.0465 e. The molecule has 0 amide bonds. The van der Waals surface area contributed by atoms with Crippen molar-refractivity contribution in [3.63, 3.8) is 0 Å². The summed E-state index contributed by atoms with van der Waals surface area (Å²) in [5.41, 5.74) is 6.97. The molecule has 2 rings (SSSR count). The maximum atomic E-state index is 6.10. The number of halogens is 2. The number of benzene rings is 1. The fraction of sp³-hybridized carbons (Fsp3) is 0.455. The minimum absolute atomic E-state index is 0.316. The molecule has 1 atom stereocenters. The van der Waals surface area contributed by atoms with Crippen molar-refractivity contribution in [3.8, 4) is 0 Å². The molecule has 0 spiro atoms. The van der Waals surface area contributed by atoms with Gasteiger partial charge in [0.1, 0.15) is 0 Å². The Morgan fingerprint density at radius 2 is 2.20 bits per heavy atom. The van der Waals surface area contributed by atoms with Crippen LogP contribution >= 0.6 is 23.2 Å². The average molecular weight is 245 g/mol. The van der Waals surface area contributed by atoms with Crippen LogP contribution in [-0.2, 0) is 6.54 Å². The molecule has 1 fully saturated rings. The van der Waals surface area contributed by atoms with Gasteiger partial charge in [-0.05, 0) is 24.1 Å². The van der Waals surface area contributed by atoms with Gasteiger partial charge in [0.25, 0.3) is 0 Å². The fourth-order valence-corrected chi connectivity index (χ4v) is 2.37. The predicted octanol–water partition coefficient (Wildman–Crippen LogP) is 2.53. The standard InChI is InChI=1S/C11H14Cl2N2/c12-9-2-1-8(11(13)5-9)6-15-4-3-10(14)7-15/h1-2,5,10H,3-4,6-7,14H2/t10-/m0/s1. The number of rotatable bonds is 2. The first kappa shape index (κ1) is 11.2. The Labute approximate surface area is 100.0 Å². The molecule has 4 heteroatoms. The number of hydrogen-bond donors (Lipinski definition) is 1. The van der Waals surface area contributed by atoms with E-state index in [1.54, 1.807) is 6.07 Å². The van der Waals surface area contributed by atoms with E-state index in [9.17, 15) is 0 Å². The molecule has 1 aromatic rings. The molecular weight excluding hydrogens is 231 g/mol. The van der Waals surface area contributed by atoms with Crippen LogP contribution in [-0.4, -0.2) is 24.0 Å². The van der Waals surface area contributed by atoms with Gasteiger partial charge in [-0.2, -0.15) is 0 Å². The van der Waals surface area contributed by atoms with Gasteiger partial charge in [0.2, 0.25) is 0 Å². The highest BCUT2D eigenvalue weighted by Gasteiger charge is 2.19. The van der Waals surface area contributed by atoms with E-state index in [4.69, 9.17) is 28.9 Å². The van der Waals surface area contributed by atoms with Gasteiger partial charge in [-0.25, -0.2) is 0 Å². The van der Waals surface area contributed by atoms with Crippen LogP contribution in [0.4, 0.5) is 0 Å². The number of nitrogens with two attached hydrogens (primary N) is 1. The summed E-state index contributed by atoms with van der Waals surface area (Å²) in [6, 6.07) is 5.96. The zero-order valence-corrected chi connectivity index (χ0v) is 9.93. The molecule has 2 N–H and O–H groups in total. The summed E-state index contributed by atoms with van der Waals surface area (Å²) < 4.78 is 0. The maximum Gasteiger partial charge on any atom is 0.0465 e. The van der Waals surface area contributed by atoms with E-state index in [0.717, 1.165) is 36.6 Å². The van der Waals surface area contributed by atoms with Crippen molar-refractivity contribution in [2.75, 3.05) is 13.1 Å². The molecule has 0 radical (unpaired) electrons. The highest BCUT2D eigenvalue weighted by molar-refractivity contribution is 6.35. The van der Waals surface area contributed by atoms with Crippen molar-refractivity contribution >= 4 is 23.2 Å². The Morgan fingerprint density at radius 1 is 1.40 bits per heavy atom. The SMILES string of the molecule is N[C@H]1CCN(Cc2ccc(Cl)cc2Cl)C1. The van der Waals surface area contributed by atoms with Gasteiger partial charge >= 0.3 is 0 Å². The molecule has 0 aromatic heterocycles. The Bertz CT molecular complexity index is 354. The van der Waals surface area contributed by atoms with E-state index in [1.807, 2.05) is 12.1 Å². The predicted molar refractivity (Wildman–Crippen MR) is 64.3 cm³/mol. The van der Waals surface area contributed by atoms with Crippen molar-refractivity contribution < 1.29 is 0 Å².